The van der Waals surface area contributed by atoms with Crippen LogP contribution in [0.4, 0.5) is 0 Å². The van der Waals surface area contributed by atoms with Gasteiger partial charge in [0.05, 0.1) is 12.1 Å². The zero-order valence-electron chi connectivity index (χ0n) is 24.0. The highest BCUT2D eigenvalue weighted by molar-refractivity contribution is 6.02. The fraction of sp³-hybridized carbons (Fsp3) is 0.371. The van der Waals surface area contributed by atoms with E-state index in [9.17, 15) is 14.7 Å². The average molecular weight is 539 g/mol. The van der Waals surface area contributed by atoms with E-state index in [1.54, 1.807) is 12.1 Å². The normalized spacial score (nSPS) is 12.5. The highest BCUT2D eigenvalue weighted by Gasteiger charge is 2.24. The monoisotopic (exact) mass is 538 g/mol. The van der Waals surface area contributed by atoms with Crippen molar-refractivity contribution in [2.75, 3.05) is 6.54 Å². The van der Waals surface area contributed by atoms with Gasteiger partial charge >= 0.3 is 0 Å². The molecule has 0 aliphatic heterocycles. The van der Waals surface area contributed by atoms with Gasteiger partial charge in [0.15, 0.2) is 5.78 Å². The van der Waals surface area contributed by atoms with Crippen LogP contribution in [-0.4, -0.2) is 35.5 Å². The molecule has 3 N–H and O–H groups in total. The van der Waals surface area contributed by atoms with E-state index in [0.717, 1.165) is 47.9 Å². The summed E-state index contributed by atoms with van der Waals surface area (Å²) in [6, 6.07) is 22.3. The number of carbonyl (C=O) groups is 2. The molecule has 0 saturated carbocycles. The Morgan fingerprint density at radius 3 is 2.25 bits per heavy atom. The van der Waals surface area contributed by atoms with Crippen LogP contribution < -0.4 is 10.6 Å². The van der Waals surface area contributed by atoms with Gasteiger partial charge in [-0.15, -0.1) is 6.42 Å². The number of aliphatic hydroxyl groups is 1. The van der Waals surface area contributed by atoms with Crippen molar-refractivity contribution < 1.29 is 14.7 Å². The van der Waals surface area contributed by atoms with Gasteiger partial charge in [0.2, 0.25) is 0 Å². The fourth-order valence-corrected chi connectivity index (χ4v) is 5.08. The first-order valence-corrected chi connectivity index (χ1v) is 14.3. The van der Waals surface area contributed by atoms with Gasteiger partial charge in [-0.2, -0.15) is 0 Å². The minimum atomic E-state index is -0.843. The van der Waals surface area contributed by atoms with Crippen molar-refractivity contribution in [1.82, 2.24) is 10.6 Å². The molecule has 0 spiro atoms. The molecular formula is C35H42N2O3. The first kappa shape index (κ1) is 30.8. The summed E-state index contributed by atoms with van der Waals surface area (Å²) in [4.78, 5) is 26.8. The Kier molecular flexibility index (Phi) is 12.1. The highest BCUT2D eigenvalue weighted by atomic mass is 16.3. The number of nitrogens with one attached hydrogen (secondary N) is 2. The van der Waals surface area contributed by atoms with Gasteiger partial charge in [-0.25, -0.2) is 0 Å². The second kappa shape index (κ2) is 15.8. The third-order valence-corrected chi connectivity index (χ3v) is 7.12. The third-order valence-electron chi connectivity index (χ3n) is 7.12. The van der Waals surface area contributed by atoms with E-state index >= 15 is 0 Å². The van der Waals surface area contributed by atoms with Crippen LogP contribution in [0.3, 0.4) is 0 Å². The van der Waals surface area contributed by atoms with Crippen molar-refractivity contribution in [2.45, 2.75) is 71.6 Å². The summed E-state index contributed by atoms with van der Waals surface area (Å²) in [7, 11) is 0. The molecule has 0 radical (unpaired) electrons. The maximum Gasteiger partial charge on any atom is 0.251 e. The molecule has 5 heteroatoms. The number of aliphatic hydroxyl groups excluding tert-OH is 1. The Hall–Kier alpha value is -3.72. The number of aryl methyl sites for hydroxylation is 1. The van der Waals surface area contributed by atoms with Crippen LogP contribution in [0.15, 0.2) is 72.8 Å². The number of amides is 1. The summed E-state index contributed by atoms with van der Waals surface area (Å²) in [6.07, 6.45) is 8.70. The SMILES string of the molecule is C#Cc1cccc(CNCC(O)C(Cc2ccccc2)NC(=O)c2cc(C)cc(C(=O)C(CCC)CCC)c2)c1. The molecule has 0 heterocycles. The smallest absolute Gasteiger partial charge is 0.251 e. The van der Waals surface area contributed by atoms with Gasteiger partial charge in [0, 0.05) is 35.7 Å². The molecule has 0 aliphatic rings. The quantitative estimate of drug-likeness (QED) is 0.167. The zero-order chi connectivity index (χ0) is 28.9. The summed E-state index contributed by atoms with van der Waals surface area (Å²) in [5.41, 5.74) is 4.70. The van der Waals surface area contributed by atoms with E-state index in [0.29, 0.717) is 24.1 Å². The van der Waals surface area contributed by atoms with Gasteiger partial charge in [0.25, 0.3) is 5.91 Å². The van der Waals surface area contributed by atoms with Crippen molar-refractivity contribution in [1.29, 1.82) is 0 Å². The molecule has 3 aromatic rings. The molecule has 40 heavy (non-hydrogen) atoms. The average Bonchev–Trinajstić information content (AvgIpc) is 2.96. The molecule has 2 atom stereocenters. The van der Waals surface area contributed by atoms with Crippen molar-refractivity contribution in [3.05, 3.63) is 106 Å². The predicted octanol–water partition coefficient (Wildman–Crippen LogP) is 5.87. The fourth-order valence-electron chi connectivity index (χ4n) is 5.08. The molecule has 0 bridgehead atoms. The van der Waals surface area contributed by atoms with E-state index in [2.05, 4.69) is 30.4 Å². The van der Waals surface area contributed by atoms with Crippen LogP contribution in [-0.2, 0) is 13.0 Å². The maximum absolute atomic E-state index is 13.5. The summed E-state index contributed by atoms with van der Waals surface area (Å²) in [5.74, 6) is 2.40. The molecule has 0 aromatic heterocycles. The van der Waals surface area contributed by atoms with E-state index in [1.165, 1.54) is 0 Å². The van der Waals surface area contributed by atoms with Crippen LogP contribution in [0, 0.1) is 25.2 Å². The van der Waals surface area contributed by atoms with E-state index in [1.807, 2.05) is 67.6 Å². The number of Topliss-reactive ketones (excluding diaryl/α,β-unsaturated/α-hetero) is 1. The Labute approximate surface area is 239 Å². The number of ketones is 1. The van der Waals surface area contributed by atoms with Crippen molar-refractivity contribution in [3.63, 3.8) is 0 Å². The van der Waals surface area contributed by atoms with Crippen molar-refractivity contribution in [3.8, 4) is 12.3 Å². The van der Waals surface area contributed by atoms with Crippen LogP contribution >= 0.6 is 0 Å². The molecule has 0 saturated heterocycles. The zero-order valence-corrected chi connectivity index (χ0v) is 24.0. The van der Waals surface area contributed by atoms with Crippen molar-refractivity contribution >= 4 is 11.7 Å². The van der Waals surface area contributed by atoms with E-state index in [-0.39, 0.29) is 24.2 Å². The van der Waals surface area contributed by atoms with Crippen LogP contribution in [0.5, 0.6) is 0 Å². The summed E-state index contributed by atoms with van der Waals surface area (Å²) in [5, 5.41) is 17.5. The topological polar surface area (TPSA) is 78.4 Å². The molecule has 3 aromatic carbocycles. The van der Waals surface area contributed by atoms with Gasteiger partial charge in [-0.05, 0) is 73.2 Å². The molecule has 1 amide bonds. The first-order chi connectivity index (χ1) is 19.3. The van der Waals surface area contributed by atoms with Gasteiger partial charge in [0.1, 0.15) is 0 Å². The van der Waals surface area contributed by atoms with Crippen LogP contribution in [0.2, 0.25) is 0 Å². The maximum atomic E-state index is 13.5. The summed E-state index contributed by atoms with van der Waals surface area (Å²) >= 11 is 0. The lowest BCUT2D eigenvalue weighted by Gasteiger charge is -2.25. The Morgan fingerprint density at radius 1 is 0.900 bits per heavy atom. The minimum Gasteiger partial charge on any atom is -0.390 e. The van der Waals surface area contributed by atoms with E-state index in [4.69, 9.17) is 6.42 Å². The summed E-state index contributed by atoms with van der Waals surface area (Å²) in [6.45, 7) is 6.90. The standard InChI is InChI=1S/C35H42N2O3/c1-5-12-29(13-6-2)34(39)30-18-25(4)19-31(22-30)35(40)37-32(21-27-14-9-8-10-15-27)33(38)24-36-23-28-17-11-16-26(7-3)20-28/h3,8-11,14-20,22,29,32-33,36,38H,5-6,12-13,21,23-24H2,1-2,4H3,(H,37,40). The molecule has 3 rings (SSSR count). The number of hydrogen-bond donors (Lipinski definition) is 3. The molecule has 210 valence electrons. The van der Waals surface area contributed by atoms with Gasteiger partial charge in [-0.1, -0.05) is 75.1 Å². The van der Waals surface area contributed by atoms with E-state index < -0.39 is 12.1 Å². The Balaban J connectivity index is 1.75. The molecular weight excluding hydrogens is 496 g/mol. The Morgan fingerprint density at radius 2 is 1.57 bits per heavy atom. The number of rotatable bonds is 15. The lowest BCUT2D eigenvalue weighted by atomic mass is 9.88. The van der Waals surface area contributed by atoms with Crippen LogP contribution in [0.1, 0.15) is 82.5 Å². The molecule has 0 aliphatic carbocycles. The lowest BCUT2D eigenvalue weighted by Crippen LogP contribution is -2.48. The molecule has 5 nitrogen and oxygen atoms in total. The second-order valence-electron chi connectivity index (χ2n) is 10.5. The van der Waals surface area contributed by atoms with Gasteiger partial charge in [-0.3, -0.25) is 9.59 Å². The first-order valence-electron chi connectivity index (χ1n) is 14.3. The van der Waals surface area contributed by atoms with Crippen LogP contribution in [0.25, 0.3) is 0 Å². The molecule has 2 unspecified atom stereocenters. The predicted molar refractivity (Wildman–Crippen MR) is 162 cm³/mol. The van der Waals surface area contributed by atoms with Gasteiger partial charge < -0.3 is 15.7 Å². The second-order valence-corrected chi connectivity index (χ2v) is 10.5. The third kappa shape index (κ3) is 9.19. The largest absolute Gasteiger partial charge is 0.390 e. The lowest BCUT2D eigenvalue weighted by molar-refractivity contribution is 0.0830. The number of terminal acetylenes is 1. The number of benzene rings is 3. The summed E-state index contributed by atoms with van der Waals surface area (Å²) < 4.78 is 0. The molecule has 0 fully saturated rings. The Bertz CT molecular complexity index is 1290. The number of hydrogen-bond acceptors (Lipinski definition) is 4. The number of carbonyl (C=O) groups excluding carboxylic acids is 2. The highest BCUT2D eigenvalue weighted by Crippen LogP contribution is 2.22. The minimum absolute atomic E-state index is 0.0345. The van der Waals surface area contributed by atoms with Crippen molar-refractivity contribution in [2.24, 2.45) is 5.92 Å².